The Morgan fingerprint density at radius 2 is 2.08 bits per heavy atom. The predicted octanol–water partition coefficient (Wildman–Crippen LogP) is 2.88. The third-order valence-electron chi connectivity index (χ3n) is 3.80. The van der Waals surface area contributed by atoms with Gasteiger partial charge in [-0.15, -0.1) is 10.2 Å². The number of amides is 1. The number of aromatic nitrogens is 4. The fourth-order valence-electron chi connectivity index (χ4n) is 2.57. The lowest BCUT2D eigenvalue weighted by molar-refractivity contribution is -0.122. The van der Waals surface area contributed by atoms with Gasteiger partial charge in [0.05, 0.1) is 13.2 Å². The molecule has 3 rings (SSSR count). The molecule has 7 nitrogen and oxygen atoms in total. The van der Waals surface area contributed by atoms with Crippen LogP contribution in [0.2, 0.25) is 5.02 Å². The molecule has 0 saturated heterocycles. The molecular formula is C18H18ClN5O2. The first-order valence-corrected chi connectivity index (χ1v) is 8.40. The van der Waals surface area contributed by atoms with Crippen LogP contribution in [0.25, 0.3) is 11.4 Å². The van der Waals surface area contributed by atoms with Crippen molar-refractivity contribution >= 4 is 17.5 Å². The second-order valence-electron chi connectivity index (χ2n) is 5.68. The molecule has 0 saturated carbocycles. The monoisotopic (exact) mass is 371 g/mol. The van der Waals surface area contributed by atoms with Gasteiger partial charge in [-0.2, -0.15) is 4.80 Å². The summed E-state index contributed by atoms with van der Waals surface area (Å²) in [6.45, 7) is 1.86. The molecule has 0 aliphatic heterocycles. The first kappa shape index (κ1) is 17.9. The van der Waals surface area contributed by atoms with Gasteiger partial charge in [0.1, 0.15) is 12.3 Å². The fourth-order valence-corrected chi connectivity index (χ4v) is 2.76. The quantitative estimate of drug-likeness (QED) is 0.720. The van der Waals surface area contributed by atoms with Gasteiger partial charge in [-0.1, -0.05) is 41.9 Å². The van der Waals surface area contributed by atoms with Gasteiger partial charge in [0.25, 0.3) is 0 Å². The Balaban J connectivity index is 1.65. The SMILES string of the molecule is COc1ccccc1[C@@H](C)NC(=O)Cn1nnc(-c2cccc(Cl)c2)n1. The van der Waals surface area contributed by atoms with Gasteiger partial charge >= 0.3 is 0 Å². The summed E-state index contributed by atoms with van der Waals surface area (Å²) in [4.78, 5) is 13.5. The standard InChI is InChI=1S/C18H18ClN5O2/c1-12(15-8-3-4-9-16(15)26-2)20-17(25)11-24-22-18(21-23-24)13-6-5-7-14(19)10-13/h3-10,12H,11H2,1-2H3,(H,20,25)/t12-/m1/s1. The average Bonchev–Trinajstić information content (AvgIpc) is 3.10. The zero-order valence-electron chi connectivity index (χ0n) is 14.4. The topological polar surface area (TPSA) is 81.9 Å². The van der Waals surface area contributed by atoms with Crippen molar-refractivity contribution in [1.29, 1.82) is 0 Å². The van der Waals surface area contributed by atoms with Crippen molar-refractivity contribution in [1.82, 2.24) is 25.5 Å². The van der Waals surface area contributed by atoms with E-state index < -0.39 is 0 Å². The maximum Gasteiger partial charge on any atom is 0.244 e. The first-order chi connectivity index (χ1) is 12.6. The number of tetrazole rings is 1. The Morgan fingerprint density at radius 3 is 2.85 bits per heavy atom. The van der Waals surface area contributed by atoms with E-state index in [2.05, 4.69) is 20.7 Å². The lowest BCUT2D eigenvalue weighted by Gasteiger charge is -2.16. The number of benzene rings is 2. The molecule has 1 aromatic heterocycles. The van der Waals surface area contributed by atoms with Crippen molar-refractivity contribution in [2.45, 2.75) is 19.5 Å². The van der Waals surface area contributed by atoms with Crippen molar-refractivity contribution in [2.75, 3.05) is 7.11 Å². The second kappa shape index (κ2) is 7.97. The smallest absolute Gasteiger partial charge is 0.244 e. The van der Waals surface area contributed by atoms with E-state index in [9.17, 15) is 4.79 Å². The van der Waals surface area contributed by atoms with Gasteiger partial charge in [0.2, 0.25) is 11.7 Å². The highest BCUT2D eigenvalue weighted by Gasteiger charge is 2.15. The number of carbonyl (C=O) groups is 1. The minimum absolute atomic E-state index is 0.0347. The molecule has 1 N–H and O–H groups in total. The largest absolute Gasteiger partial charge is 0.496 e. The highest BCUT2D eigenvalue weighted by molar-refractivity contribution is 6.30. The average molecular weight is 372 g/mol. The molecule has 0 radical (unpaired) electrons. The summed E-state index contributed by atoms with van der Waals surface area (Å²) in [6.07, 6.45) is 0. The molecule has 26 heavy (non-hydrogen) atoms. The molecule has 134 valence electrons. The third-order valence-corrected chi connectivity index (χ3v) is 4.04. The van der Waals surface area contributed by atoms with Crippen molar-refractivity contribution in [3.8, 4) is 17.1 Å². The molecule has 0 fully saturated rings. The van der Waals surface area contributed by atoms with Gasteiger partial charge in [-0.25, -0.2) is 0 Å². The van der Waals surface area contributed by atoms with Crippen molar-refractivity contribution in [3.63, 3.8) is 0 Å². The maximum absolute atomic E-state index is 12.3. The highest BCUT2D eigenvalue weighted by atomic mass is 35.5. The van der Waals surface area contributed by atoms with Crippen molar-refractivity contribution in [3.05, 3.63) is 59.1 Å². The molecule has 1 atom stereocenters. The second-order valence-corrected chi connectivity index (χ2v) is 6.12. The number of carbonyl (C=O) groups excluding carboxylic acids is 1. The van der Waals surface area contributed by atoms with E-state index in [1.54, 1.807) is 25.3 Å². The van der Waals surface area contributed by atoms with E-state index in [1.165, 1.54) is 4.80 Å². The van der Waals surface area contributed by atoms with Crippen LogP contribution in [0.1, 0.15) is 18.5 Å². The van der Waals surface area contributed by atoms with Gasteiger partial charge in [0.15, 0.2) is 0 Å². The Morgan fingerprint density at radius 1 is 1.27 bits per heavy atom. The summed E-state index contributed by atoms with van der Waals surface area (Å²) < 4.78 is 5.33. The third kappa shape index (κ3) is 4.18. The van der Waals surface area contributed by atoms with Crippen LogP contribution < -0.4 is 10.1 Å². The van der Waals surface area contributed by atoms with Crippen LogP contribution in [0.5, 0.6) is 5.75 Å². The number of nitrogens with one attached hydrogen (secondary N) is 1. The molecule has 1 amide bonds. The van der Waals surface area contributed by atoms with Gasteiger partial charge in [0, 0.05) is 16.1 Å². The molecule has 3 aromatic rings. The van der Waals surface area contributed by atoms with E-state index in [0.29, 0.717) is 10.8 Å². The molecule has 1 heterocycles. The van der Waals surface area contributed by atoms with Crippen molar-refractivity contribution in [2.24, 2.45) is 0 Å². The number of hydrogen-bond acceptors (Lipinski definition) is 5. The maximum atomic E-state index is 12.3. The molecule has 8 heteroatoms. The molecule has 0 unspecified atom stereocenters. The number of methoxy groups -OCH3 is 1. The zero-order chi connectivity index (χ0) is 18.5. The van der Waals surface area contributed by atoms with E-state index in [4.69, 9.17) is 16.3 Å². The first-order valence-electron chi connectivity index (χ1n) is 8.03. The summed E-state index contributed by atoms with van der Waals surface area (Å²) in [5, 5.41) is 15.6. The number of halogens is 1. The van der Waals surface area contributed by atoms with Crippen molar-refractivity contribution < 1.29 is 9.53 Å². The lowest BCUT2D eigenvalue weighted by Crippen LogP contribution is -2.31. The fraction of sp³-hybridized carbons (Fsp3) is 0.222. The summed E-state index contributed by atoms with van der Waals surface area (Å²) in [7, 11) is 1.60. The highest BCUT2D eigenvalue weighted by Crippen LogP contribution is 2.24. The Kier molecular flexibility index (Phi) is 5.48. The summed E-state index contributed by atoms with van der Waals surface area (Å²) in [6, 6.07) is 14.5. The van der Waals surface area contributed by atoms with Crippen LogP contribution in [-0.2, 0) is 11.3 Å². The minimum atomic E-state index is -0.224. The van der Waals surface area contributed by atoms with Gasteiger partial charge < -0.3 is 10.1 Å². The van der Waals surface area contributed by atoms with E-state index in [0.717, 1.165) is 16.9 Å². The number of nitrogens with zero attached hydrogens (tertiary/aromatic N) is 4. The van der Waals surface area contributed by atoms with Crippen LogP contribution in [-0.4, -0.2) is 33.2 Å². The number of rotatable bonds is 6. The predicted molar refractivity (Wildman–Crippen MR) is 97.8 cm³/mol. The van der Waals surface area contributed by atoms with Gasteiger partial charge in [-0.3, -0.25) is 4.79 Å². The molecule has 0 spiro atoms. The van der Waals surface area contributed by atoms with E-state index in [1.807, 2.05) is 37.3 Å². The molecule has 2 aromatic carbocycles. The number of hydrogen-bond donors (Lipinski definition) is 1. The van der Waals surface area contributed by atoms with Crippen LogP contribution in [0, 0.1) is 0 Å². The summed E-state index contributed by atoms with van der Waals surface area (Å²) in [5.74, 6) is 0.916. The Hall–Kier alpha value is -2.93. The molecule has 0 bridgehead atoms. The van der Waals surface area contributed by atoms with Crippen LogP contribution >= 0.6 is 11.6 Å². The summed E-state index contributed by atoms with van der Waals surface area (Å²) in [5.41, 5.74) is 1.64. The molecule has 0 aliphatic rings. The van der Waals surface area contributed by atoms with E-state index in [-0.39, 0.29) is 18.5 Å². The molecule has 0 aliphatic carbocycles. The minimum Gasteiger partial charge on any atom is -0.496 e. The molecular weight excluding hydrogens is 354 g/mol. The Bertz CT molecular complexity index is 912. The van der Waals surface area contributed by atoms with Crippen LogP contribution in [0.4, 0.5) is 0 Å². The van der Waals surface area contributed by atoms with Crippen LogP contribution in [0.3, 0.4) is 0 Å². The Labute approximate surface area is 155 Å². The normalized spacial score (nSPS) is 11.8. The van der Waals surface area contributed by atoms with Crippen LogP contribution in [0.15, 0.2) is 48.5 Å². The number of para-hydroxylation sites is 1. The number of ether oxygens (including phenoxy) is 1. The van der Waals surface area contributed by atoms with E-state index >= 15 is 0 Å². The zero-order valence-corrected chi connectivity index (χ0v) is 15.1. The lowest BCUT2D eigenvalue weighted by atomic mass is 10.1. The summed E-state index contributed by atoms with van der Waals surface area (Å²) >= 11 is 5.97. The van der Waals surface area contributed by atoms with Gasteiger partial charge in [-0.05, 0) is 30.3 Å².